The largest absolute Gasteiger partial charge is 0.392 e. The molecule has 6 heterocycles. The van der Waals surface area contributed by atoms with E-state index in [1.807, 2.05) is 34.9 Å². The third-order valence-electron chi connectivity index (χ3n) is 8.82. The van der Waals surface area contributed by atoms with Crippen LogP contribution in [0.2, 0.25) is 0 Å². The molecule has 0 bridgehead atoms. The number of anilines is 4. The molecule has 2 aliphatic rings. The first-order chi connectivity index (χ1) is 21.9. The quantitative estimate of drug-likeness (QED) is 0.259. The van der Waals surface area contributed by atoms with Crippen LogP contribution in [0.1, 0.15) is 47.8 Å². The van der Waals surface area contributed by atoms with Crippen LogP contribution in [0.15, 0.2) is 59.8 Å². The fraction of sp³-hybridized carbons (Fsp3) is 0.412. The average Bonchev–Trinajstić information content (AvgIpc) is 3.47. The van der Waals surface area contributed by atoms with Crippen molar-refractivity contribution in [2.75, 3.05) is 54.9 Å². The summed E-state index contributed by atoms with van der Waals surface area (Å²) in [7, 11) is 3.82. The predicted octanol–water partition coefficient (Wildman–Crippen LogP) is 4.02. The van der Waals surface area contributed by atoms with Gasteiger partial charge in [0.05, 0.1) is 6.61 Å². The Labute approximate surface area is 263 Å². The van der Waals surface area contributed by atoms with Crippen molar-refractivity contribution in [3.8, 4) is 11.1 Å². The molecule has 0 unspecified atom stereocenters. The van der Waals surface area contributed by atoms with Crippen LogP contribution in [-0.2, 0) is 26.6 Å². The molecule has 4 aromatic heterocycles. The minimum absolute atomic E-state index is 0.128. The summed E-state index contributed by atoms with van der Waals surface area (Å²) in [6.07, 6.45) is 9.86. The number of aliphatic hydroxyl groups is 1. The van der Waals surface area contributed by atoms with Gasteiger partial charge in [0.1, 0.15) is 28.8 Å². The van der Waals surface area contributed by atoms with Crippen molar-refractivity contribution in [2.24, 2.45) is 7.05 Å². The Balaban J connectivity index is 1.29. The van der Waals surface area contributed by atoms with E-state index >= 15 is 0 Å². The highest BCUT2D eigenvalue weighted by molar-refractivity contribution is 6.06. The number of carbonyl (C=O) groups excluding carboxylic acids is 1. The van der Waals surface area contributed by atoms with Crippen molar-refractivity contribution in [1.82, 2.24) is 24.0 Å². The van der Waals surface area contributed by atoms with Gasteiger partial charge < -0.3 is 29.4 Å². The maximum Gasteiger partial charge on any atom is 0.276 e. The van der Waals surface area contributed by atoms with Crippen LogP contribution in [0.3, 0.4) is 0 Å². The summed E-state index contributed by atoms with van der Waals surface area (Å²) >= 11 is 0. The standard InChI is InChI=1S/C34H42N8O3/c1-4-5-6-8-24-19-29-34(45)42(18-17-41(29)21-24)32-27(23-43)26(11-12-35-32)25-20-28(33(44)39(3)22-25)36-30-9-7-10-31(37-30)40-15-13-38(2)14-16-40/h7,9-12,19-22,43H,4-6,8,13-18,23H2,1-3H3,(H,36,37). The maximum atomic E-state index is 13.7. The van der Waals surface area contributed by atoms with Gasteiger partial charge in [0.25, 0.3) is 11.5 Å². The molecule has 0 saturated carbocycles. The average molecular weight is 611 g/mol. The maximum absolute atomic E-state index is 13.7. The lowest BCUT2D eigenvalue weighted by Gasteiger charge is -2.33. The van der Waals surface area contributed by atoms with Gasteiger partial charge >= 0.3 is 0 Å². The molecule has 45 heavy (non-hydrogen) atoms. The number of likely N-dealkylation sites (N-methyl/N-ethyl adjacent to an activating group) is 1. The fourth-order valence-corrected chi connectivity index (χ4v) is 6.23. The van der Waals surface area contributed by atoms with Gasteiger partial charge in [0.2, 0.25) is 0 Å². The number of aliphatic hydroxyl groups excluding tert-OH is 1. The number of hydrogen-bond acceptors (Lipinski definition) is 8. The van der Waals surface area contributed by atoms with Crippen molar-refractivity contribution in [1.29, 1.82) is 0 Å². The zero-order chi connectivity index (χ0) is 31.5. The number of rotatable bonds is 10. The van der Waals surface area contributed by atoms with E-state index in [2.05, 4.69) is 40.3 Å². The Morgan fingerprint density at radius 2 is 1.78 bits per heavy atom. The lowest BCUT2D eigenvalue weighted by atomic mass is 10.0. The lowest BCUT2D eigenvalue weighted by molar-refractivity contribution is 0.0964. The molecule has 11 heteroatoms. The molecule has 11 nitrogen and oxygen atoms in total. The van der Waals surface area contributed by atoms with E-state index in [4.69, 9.17) is 4.98 Å². The molecule has 1 amide bonds. The second-order valence-electron chi connectivity index (χ2n) is 12.0. The van der Waals surface area contributed by atoms with Crippen LogP contribution in [0.4, 0.5) is 23.1 Å². The smallest absolute Gasteiger partial charge is 0.276 e. The first-order valence-electron chi connectivity index (χ1n) is 15.8. The molecule has 0 spiro atoms. The van der Waals surface area contributed by atoms with Gasteiger partial charge in [-0.25, -0.2) is 9.97 Å². The topological polar surface area (TPSA) is 112 Å². The third-order valence-corrected chi connectivity index (χ3v) is 8.82. The van der Waals surface area contributed by atoms with E-state index in [0.717, 1.165) is 51.3 Å². The lowest BCUT2D eigenvalue weighted by Crippen LogP contribution is -2.44. The molecule has 1 saturated heterocycles. The van der Waals surface area contributed by atoms with E-state index < -0.39 is 0 Å². The molecule has 0 radical (unpaired) electrons. The number of piperazine rings is 1. The van der Waals surface area contributed by atoms with Gasteiger partial charge in [-0.2, -0.15) is 0 Å². The Hall–Kier alpha value is -4.48. The highest BCUT2D eigenvalue weighted by Crippen LogP contribution is 2.33. The minimum atomic E-state index is -0.314. The molecule has 6 rings (SSSR count). The Bertz CT molecular complexity index is 1740. The second kappa shape index (κ2) is 13.3. The van der Waals surface area contributed by atoms with Crippen LogP contribution in [-0.4, -0.2) is 74.8 Å². The van der Waals surface area contributed by atoms with Crippen molar-refractivity contribution in [3.05, 3.63) is 82.2 Å². The normalized spacial score (nSPS) is 15.4. The summed E-state index contributed by atoms with van der Waals surface area (Å²) in [6, 6.07) is 11.4. The number of fused-ring (bicyclic) bond motifs is 1. The van der Waals surface area contributed by atoms with Crippen LogP contribution < -0.4 is 20.7 Å². The van der Waals surface area contributed by atoms with Gasteiger partial charge in [-0.05, 0) is 61.3 Å². The number of pyridine rings is 3. The van der Waals surface area contributed by atoms with E-state index in [0.29, 0.717) is 52.8 Å². The number of aromatic nitrogens is 4. The first kappa shape index (κ1) is 30.5. The molecule has 236 valence electrons. The van der Waals surface area contributed by atoms with Crippen molar-refractivity contribution >= 4 is 29.0 Å². The zero-order valence-corrected chi connectivity index (χ0v) is 26.4. The van der Waals surface area contributed by atoms with Crippen LogP contribution in [0.5, 0.6) is 0 Å². The molecule has 0 aliphatic carbocycles. The summed E-state index contributed by atoms with van der Waals surface area (Å²) in [5.74, 6) is 1.75. The van der Waals surface area contributed by atoms with Crippen molar-refractivity contribution < 1.29 is 9.90 Å². The summed E-state index contributed by atoms with van der Waals surface area (Å²) in [6.45, 7) is 6.70. The SMILES string of the molecule is CCCCCc1cc2n(c1)CCN(c1nccc(-c3cc(Nc4cccc(N5CCN(C)CC5)n4)c(=O)n(C)c3)c1CO)C2=O. The van der Waals surface area contributed by atoms with Crippen LogP contribution in [0, 0.1) is 0 Å². The monoisotopic (exact) mass is 610 g/mol. The van der Waals surface area contributed by atoms with Crippen molar-refractivity contribution in [2.45, 2.75) is 45.8 Å². The molecule has 4 aromatic rings. The van der Waals surface area contributed by atoms with E-state index in [9.17, 15) is 14.7 Å². The molecule has 2 N–H and O–H groups in total. The van der Waals surface area contributed by atoms with Gasteiger partial charge in [-0.15, -0.1) is 0 Å². The highest BCUT2D eigenvalue weighted by atomic mass is 16.3. The summed E-state index contributed by atoms with van der Waals surface area (Å²) in [4.78, 5) is 42.5. The molecular weight excluding hydrogens is 568 g/mol. The summed E-state index contributed by atoms with van der Waals surface area (Å²) in [5, 5.41) is 13.9. The Morgan fingerprint density at radius 3 is 2.56 bits per heavy atom. The molecule has 2 aliphatic heterocycles. The van der Waals surface area contributed by atoms with Crippen molar-refractivity contribution in [3.63, 3.8) is 0 Å². The fourth-order valence-electron chi connectivity index (χ4n) is 6.23. The molecule has 0 atom stereocenters. The highest BCUT2D eigenvalue weighted by Gasteiger charge is 2.30. The van der Waals surface area contributed by atoms with Gasteiger partial charge in [0, 0.05) is 76.0 Å². The van der Waals surface area contributed by atoms with Crippen LogP contribution in [0.25, 0.3) is 11.1 Å². The predicted molar refractivity (Wildman–Crippen MR) is 177 cm³/mol. The molecule has 0 aromatic carbocycles. The number of carbonyl (C=O) groups is 1. The molecule has 1 fully saturated rings. The number of amides is 1. The Morgan fingerprint density at radius 1 is 0.956 bits per heavy atom. The van der Waals surface area contributed by atoms with E-state index in [1.165, 1.54) is 16.6 Å². The minimum Gasteiger partial charge on any atom is -0.392 e. The number of nitrogens with one attached hydrogen (secondary N) is 1. The first-order valence-corrected chi connectivity index (χ1v) is 15.8. The number of hydrogen-bond donors (Lipinski definition) is 2. The number of unbranched alkanes of at least 4 members (excludes halogenated alkanes) is 2. The summed E-state index contributed by atoms with van der Waals surface area (Å²) in [5.41, 5.74) is 3.93. The second-order valence-corrected chi connectivity index (χ2v) is 12.0. The van der Waals surface area contributed by atoms with Crippen LogP contribution >= 0.6 is 0 Å². The van der Waals surface area contributed by atoms with Gasteiger partial charge in [-0.3, -0.25) is 14.5 Å². The van der Waals surface area contributed by atoms with Gasteiger partial charge in [-0.1, -0.05) is 25.8 Å². The molecular formula is C34H42N8O3. The van der Waals surface area contributed by atoms with E-state index in [1.54, 1.807) is 30.4 Å². The number of aryl methyl sites for hydroxylation is 2. The Kier molecular flexibility index (Phi) is 8.99. The summed E-state index contributed by atoms with van der Waals surface area (Å²) < 4.78 is 3.54. The third kappa shape index (κ3) is 6.36. The van der Waals surface area contributed by atoms with Gasteiger partial charge in [0.15, 0.2) is 0 Å². The zero-order valence-electron chi connectivity index (χ0n) is 26.4. The number of nitrogens with zero attached hydrogens (tertiary/aromatic N) is 7. The van der Waals surface area contributed by atoms with E-state index in [-0.39, 0.29) is 18.1 Å².